The van der Waals surface area contributed by atoms with E-state index in [1.54, 1.807) is 0 Å². The molecule has 0 aliphatic heterocycles. The van der Waals surface area contributed by atoms with Gasteiger partial charge in [0.15, 0.2) is 0 Å². The van der Waals surface area contributed by atoms with E-state index in [0.717, 1.165) is 56.0 Å². The molecule has 1 aliphatic carbocycles. The lowest BCUT2D eigenvalue weighted by atomic mass is 9.68. The number of aromatic amines is 1. The molecule has 0 amide bonds. The molecule has 4 heteroatoms. The molecule has 0 saturated carbocycles. The van der Waals surface area contributed by atoms with Gasteiger partial charge in [0.25, 0.3) is 0 Å². The Labute approximate surface area is 411 Å². The molecular weight excluding hydrogens is 849 g/mol. The van der Waals surface area contributed by atoms with E-state index in [2.05, 4.69) is 253 Å². The molecule has 0 spiro atoms. The molecule has 70 heavy (non-hydrogen) atoms. The van der Waals surface area contributed by atoms with Crippen molar-refractivity contribution in [3.63, 3.8) is 0 Å². The number of hydrogen-bond donors (Lipinski definition) is 1. The molecule has 1 atom stereocenters. The Hall–Kier alpha value is -7.82. The van der Waals surface area contributed by atoms with Gasteiger partial charge in [-0.05, 0) is 121 Å². The number of aromatic nitrogens is 4. The van der Waals surface area contributed by atoms with Crippen LogP contribution in [0.3, 0.4) is 0 Å². The summed E-state index contributed by atoms with van der Waals surface area (Å²) >= 11 is 0. The monoisotopic (exact) mass is 906 g/mol. The van der Waals surface area contributed by atoms with Crippen molar-refractivity contribution in [2.24, 2.45) is 0 Å². The molecule has 3 aromatic heterocycles. The highest BCUT2D eigenvalue weighted by Gasteiger charge is 2.49. The molecular formula is C66H58N4. The highest BCUT2D eigenvalue weighted by molar-refractivity contribution is 6.12. The third-order valence-corrected chi connectivity index (χ3v) is 15.3. The van der Waals surface area contributed by atoms with Gasteiger partial charge in [-0.15, -0.1) is 0 Å². The zero-order valence-electron chi connectivity index (χ0n) is 41.4. The summed E-state index contributed by atoms with van der Waals surface area (Å²) in [5, 5.41) is 2.39. The lowest BCUT2D eigenvalue weighted by Crippen LogP contribution is -2.30. The number of fused-ring (bicyclic) bond motifs is 7. The third kappa shape index (κ3) is 6.64. The maximum absolute atomic E-state index is 5.83. The van der Waals surface area contributed by atoms with Crippen molar-refractivity contribution in [1.82, 2.24) is 19.5 Å². The number of hydrogen-bond acceptors (Lipinski definition) is 2. The smallest absolute Gasteiger partial charge is 0.147 e. The topological polar surface area (TPSA) is 46.5 Å². The summed E-state index contributed by atoms with van der Waals surface area (Å²) in [6, 6.07) is 71.5. The first-order chi connectivity index (χ1) is 33.7. The fourth-order valence-corrected chi connectivity index (χ4v) is 11.6. The number of benzene rings is 8. The van der Waals surface area contributed by atoms with Gasteiger partial charge in [0.05, 0.1) is 27.7 Å². The van der Waals surface area contributed by atoms with Crippen LogP contribution in [0.5, 0.6) is 0 Å². The van der Waals surface area contributed by atoms with Crippen LogP contribution in [0.1, 0.15) is 100 Å². The Morgan fingerprint density at radius 2 is 1.21 bits per heavy atom. The molecule has 8 aromatic carbocycles. The second-order valence-corrected chi connectivity index (χ2v) is 21.9. The zero-order valence-corrected chi connectivity index (χ0v) is 41.4. The molecule has 0 fully saturated rings. The number of imidazole rings is 1. The summed E-state index contributed by atoms with van der Waals surface area (Å²) in [6.07, 6.45) is 1.95. The molecule has 12 rings (SSSR count). The molecule has 1 N–H and O–H groups in total. The van der Waals surface area contributed by atoms with E-state index in [1.165, 1.54) is 60.8 Å². The minimum atomic E-state index is -0.685. The van der Waals surface area contributed by atoms with Crippen molar-refractivity contribution in [3.8, 4) is 39.3 Å². The lowest BCUT2D eigenvalue weighted by Gasteiger charge is -2.33. The van der Waals surface area contributed by atoms with Gasteiger partial charge in [0, 0.05) is 44.7 Å². The zero-order chi connectivity index (χ0) is 48.2. The van der Waals surface area contributed by atoms with Crippen LogP contribution in [0.15, 0.2) is 200 Å². The molecule has 342 valence electrons. The van der Waals surface area contributed by atoms with E-state index >= 15 is 0 Å². The minimum Gasteiger partial charge on any atom is -0.354 e. The van der Waals surface area contributed by atoms with E-state index in [0.29, 0.717) is 0 Å². The number of H-pyrrole nitrogens is 1. The second-order valence-electron chi connectivity index (χ2n) is 21.9. The fraction of sp³-hybridized carbons (Fsp3) is 0.182. The predicted octanol–water partition coefficient (Wildman–Crippen LogP) is 16.7. The average molecular weight is 907 g/mol. The van der Waals surface area contributed by atoms with Crippen molar-refractivity contribution in [3.05, 3.63) is 245 Å². The third-order valence-electron chi connectivity index (χ3n) is 15.3. The van der Waals surface area contributed by atoms with Crippen molar-refractivity contribution in [2.45, 2.75) is 77.0 Å². The minimum absolute atomic E-state index is 0.0255. The van der Waals surface area contributed by atoms with Gasteiger partial charge in [-0.2, -0.15) is 0 Å². The van der Waals surface area contributed by atoms with Gasteiger partial charge in [-0.1, -0.05) is 195 Å². The van der Waals surface area contributed by atoms with Gasteiger partial charge < -0.3 is 4.98 Å². The highest BCUT2D eigenvalue weighted by atomic mass is 15.1. The molecule has 3 heterocycles. The van der Waals surface area contributed by atoms with E-state index in [9.17, 15) is 0 Å². The Morgan fingerprint density at radius 3 is 1.97 bits per heavy atom. The number of nitrogens with one attached hydrogen (secondary N) is 1. The normalized spacial score (nSPS) is 14.9. The summed E-state index contributed by atoms with van der Waals surface area (Å²) in [7, 11) is 0. The van der Waals surface area contributed by atoms with Crippen LogP contribution in [-0.2, 0) is 21.7 Å². The summed E-state index contributed by atoms with van der Waals surface area (Å²) in [4.78, 5) is 15.0. The van der Waals surface area contributed by atoms with Crippen LogP contribution in [0.25, 0.3) is 72.2 Å². The summed E-state index contributed by atoms with van der Waals surface area (Å²) in [5.41, 5.74) is 19.8. The Morgan fingerprint density at radius 1 is 0.500 bits per heavy atom. The quantitative estimate of drug-likeness (QED) is 0.173. The van der Waals surface area contributed by atoms with E-state index in [1.807, 2.05) is 12.3 Å². The second kappa shape index (κ2) is 15.9. The summed E-state index contributed by atoms with van der Waals surface area (Å²) in [6.45, 7) is 18.6. The predicted molar refractivity (Wildman–Crippen MR) is 292 cm³/mol. The molecule has 1 unspecified atom stereocenters. The molecule has 0 radical (unpaired) electrons. The average Bonchev–Trinajstić information content (AvgIpc) is 4.05. The van der Waals surface area contributed by atoms with Crippen LogP contribution in [0.2, 0.25) is 0 Å². The SMILES string of the molecule is CC(C)(C)c1ccc2c(c1)-c1c(C(C)(C)C)cccc1C2(c1cccc(-c2cccc3c2nc(-c2cc(C(C)(C)c4ccccc4)cc4c2[nH]c2ccccc24)n3-c2ccccc2)c1)c1ccccn1. The Kier molecular flexibility index (Phi) is 9.85. The summed E-state index contributed by atoms with van der Waals surface area (Å²) < 4.78 is 2.36. The fourth-order valence-electron chi connectivity index (χ4n) is 11.6. The van der Waals surface area contributed by atoms with E-state index in [4.69, 9.17) is 9.97 Å². The molecule has 11 aromatic rings. The molecule has 4 nitrogen and oxygen atoms in total. The Bertz CT molecular complexity index is 3800. The molecule has 0 bridgehead atoms. The number of nitrogens with zero attached hydrogens (tertiary/aromatic N) is 3. The number of pyridine rings is 1. The first-order valence-corrected chi connectivity index (χ1v) is 24.7. The van der Waals surface area contributed by atoms with Gasteiger partial charge >= 0.3 is 0 Å². The van der Waals surface area contributed by atoms with E-state index in [-0.39, 0.29) is 16.2 Å². The highest BCUT2D eigenvalue weighted by Crippen LogP contribution is 2.59. The van der Waals surface area contributed by atoms with Gasteiger partial charge in [0.1, 0.15) is 5.82 Å². The maximum atomic E-state index is 5.83. The molecule has 0 saturated heterocycles. The van der Waals surface area contributed by atoms with Crippen molar-refractivity contribution in [2.75, 3.05) is 0 Å². The first-order valence-electron chi connectivity index (χ1n) is 24.7. The number of rotatable bonds is 7. The first kappa shape index (κ1) is 43.5. The van der Waals surface area contributed by atoms with Gasteiger partial charge in [0.2, 0.25) is 0 Å². The van der Waals surface area contributed by atoms with Crippen molar-refractivity contribution < 1.29 is 0 Å². The Balaban J connectivity index is 1.13. The number of para-hydroxylation sites is 3. The van der Waals surface area contributed by atoms with Crippen LogP contribution in [-0.4, -0.2) is 19.5 Å². The standard InChI is InChI=1S/C66H58N4/c1-63(2,3)44-35-36-53-51(39-44)59-54(64(4,5)6)30-21-31-55(59)66(53,58-34-17-18-37-67-58)45-25-19-22-42(38-45)48-29-20-33-57-61(48)69-62(70(57)47-26-13-10-14-27-47)52-41-46(65(7,8)43-23-11-9-12-24-43)40-50-49-28-15-16-32-56(49)68-60(50)52/h9-41,68H,1-8H3. The van der Waals surface area contributed by atoms with Gasteiger partial charge in [-0.3, -0.25) is 9.55 Å². The van der Waals surface area contributed by atoms with Crippen molar-refractivity contribution in [1.29, 1.82) is 0 Å². The lowest BCUT2D eigenvalue weighted by molar-refractivity contribution is 0.589. The van der Waals surface area contributed by atoms with Crippen LogP contribution < -0.4 is 0 Å². The summed E-state index contributed by atoms with van der Waals surface area (Å²) in [5.74, 6) is 0.889. The van der Waals surface area contributed by atoms with Gasteiger partial charge in [-0.25, -0.2) is 4.98 Å². The van der Waals surface area contributed by atoms with Crippen LogP contribution >= 0.6 is 0 Å². The van der Waals surface area contributed by atoms with E-state index < -0.39 is 5.41 Å². The largest absolute Gasteiger partial charge is 0.354 e. The van der Waals surface area contributed by atoms with Crippen LogP contribution in [0, 0.1) is 0 Å². The van der Waals surface area contributed by atoms with Crippen molar-refractivity contribution >= 4 is 32.8 Å². The molecule has 1 aliphatic rings. The van der Waals surface area contributed by atoms with Crippen LogP contribution in [0.4, 0.5) is 0 Å². The maximum Gasteiger partial charge on any atom is 0.147 e.